The molecular weight excluding hydrogens is 330 g/mol. The highest BCUT2D eigenvalue weighted by atomic mass is 16.6. The SMILES string of the molecule is CC(C)(C)OC(=O)NCCC(O)C(O)c1ccccc1-c1ccccc1. The summed E-state index contributed by atoms with van der Waals surface area (Å²) >= 11 is 0. The Balaban J connectivity index is 1.99. The van der Waals surface area contributed by atoms with E-state index in [-0.39, 0.29) is 13.0 Å². The van der Waals surface area contributed by atoms with E-state index in [4.69, 9.17) is 4.74 Å². The summed E-state index contributed by atoms with van der Waals surface area (Å²) in [5.41, 5.74) is 1.93. The number of benzene rings is 2. The average Bonchev–Trinajstić information content (AvgIpc) is 2.60. The molecule has 0 bridgehead atoms. The molecule has 2 aromatic carbocycles. The zero-order chi connectivity index (χ0) is 19.2. The standard InChI is InChI=1S/C21H27NO4/c1-21(2,3)26-20(25)22-14-13-18(23)19(24)17-12-8-7-11-16(17)15-9-5-4-6-10-15/h4-12,18-19,23-24H,13-14H2,1-3H3,(H,22,25). The van der Waals surface area contributed by atoms with Crippen LogP contribution in [0.5, 0.6) is 0 Å². The van der Waals surface area contributed by atoms with Gasteiger partial charge >= 0.3 is 6.09 Å². The fourth-order valence-corrected chi connectivity index (χ4v) is 2.64. The van der Waals surface area contributed by atoms with Gasteiger partial charge in [-0.3, -0.25) is 0 Å². The third kappa shape index (κ3) is 5.86. The maximum atomic E-state index is 11.6. The second-order valence-electron chi connectivity index (χ2n) is 7.18. The van der Waals surface area contributed by atoms with Crippen LogP contribution >= 0.6 is 0 Å². The number of rotatable bonds is 6. The first kappa shape index (κ1) is 19.9. The van der Waals surface area contributed by atoms with Gasteiger partial charge in [0.1, 0.15) is 11.7 Å². The minimum absolute atomic E-state index is 0.209. The molecule has 0 aliphatic carbocycles. The minimum atomic E-state index is -1.05. The van der Waals surface area contributed by atoms with Crippen LogP contribution in [0.25, 0.3) is 11.1 Å². The van der Waals surface area contributed by atoms with Gasteiger partial charge in [-0.25, -0.2) is 4.79 Å². The van der Waals surface area contributed by atoms with Crippen molar-refractivity contribution in [2.75, 3.05) is 6.54 Å². The van der Waals surface area contributed by atoms with E-state index in [2.05, 4.69) is 5.32 Å². The van der Waals surface area contributed by atoms with Gasteiger partial charge in [0.2, 0.25) is 0 Å². The molecule has 5 nitrogen and oxygen atoms in total. The Morgan fingerprint density at radius 1 is 1.04 bits per heavy atom. The monoisotopic (exact) mass is 357 g/mol. The van der Waals surface area contributed by atoms with E-state index in [1.807, 2.05) is 48.5 Å². The van der Waals surface area contributed by atoms with Crippen molar-refractivity contribution >= 4 is 6.09 Å². The lowest BCUT2D eigenvalue weighted by atomic mass is 9.93. The van der Waals surface area contributed by atoms with Crippen LogP contribution in [0.4, 0.5) is 4.79 Å². The summed E-state index contributed by atoms with van der Waals surface area (Å²) in [6, 6.07) is 17.2. The van der Waals surface area contributed by atoms with Crippen LogP contribution in [-0.4, -0.2) is 34.6 Å². The number of carbonyl (C=O) groups is 1. The summed E-state index contributed by atoms with van der Waals surface area (Å²) in [5, 5.41) is 23.5. The summed E-state index contributed by atoms with van der Waals surface area (Å²) in [7, 11) is 0. The summed E-state index contributed by atoms with van der Waals surface area (Å²) < 4.78 is 5.15. The molecule has 0 heterocycles. The number of aliphatic hydroxyl groups excluding tert-OH is 2. The van der Waals surface area contributed by atoms with Crippen molar-refractivity contribution in [3.63, 3.8) is 0 Å². The molecule has 0 aliphatic heterocycles. The second kappa shape index (κ2) is 8.83. The number of aliphatic hydroxyl groups is 2. The van der Waals surface area contributed by atoms with E-state index in [0.29, 0.717) is 5.56 Å². The number of ether oxygens (including phenoxy) is 1. The zero-order valence-electron chi connectivity index (χ0n) is 15.5. The fourth-order valence-electron chi connectivity index (χ4n) is 2.64. The van der Waals surface area contributed by atoms with Crippen LogP contribution in [-0.2, 0) is 4.74 Å². The van der Waals surface area contributed by atoms with E-state index < -0.39 is 23.9 Å². The van der Waals surface area contributed by atoms with Gasteiger partial charge in [0.25, 0.3) is 0 Å². The molecule has 2 rings (SSSR count). The molecule has 2 aromatic rings. The summed E-state index contributed by atoms with van der Waals surface area (Å²) in [6.45, 7) is 5.56. The molecule has 0 spiro atoms. The lowest BCUT2D eigenvalue weighted by Crippen LogP contribution is -2.34. The van der Waals surface area contributed by atoms with Crippen LogP contribution in [0.1, 0.15) is 38.9 Å². The zero-order valence-corrected chi connectivity index (χ0v) is 15.5. The van der Waals surface area contributed by atoms with E-state index in [1.165, 1.54) is 0 Å². The molecule has 3 N–H and O–H groups in total. The van der Waals surface area contributed by atoms with Crippen molar-refractivity contribution in [2.24, 2.45) is 0 Å². The molecule has 0 radical (unpaired) electrons. The van der Waals surface area contributed by atoms with Crippen molar-refractivity contribution in [2.45, 2.75) is 45.0 Å². The molecular formula is C21H27NO4. The Hall–Kier alpha value is -2.37. The lowest BCUT2D eigenvalue weighted by molar-refractivity contribution is 0.0126. The third-order valence-electron chi connectivity index (χ3n) is 3.84. The van der Waals surface area contributed by atoms with Crippen molar-refractivity contribution < 1.29 is 19.7 Å². The highest BCUT2D eigenvalue weighted by molar-refractivity contribution is 5.68. The van der Waals surface area contributed by atoms with Crippen LogP contribution in [0, 0.1) is 0 Å². The van der Waals surface area contributed by atoms with E-state index in [1.54, 1.807) is 26.8 Å². The van der Waals surface area contributed by atoms with Gasteiger partial charge in [0.15, 0.2) is 0 Å². The topological polar surface area (TPSA) is 78.8 Å². The quantitative estimate of drug-likeness (QED) is 0.737. The number of amides is 1. The van der Waals surface area contributed by atoms with Gasteiger partial charge in [-0.2, -0.15) is 0 Å². The van der Waals surface area contributed by atoms with Crippen molar-refractivity contribution in [3.8, 4) is 11.1 Å². The minimum Gasteiger partial charge on any atom is -0.444 e. The first-order valence-electron chi connectivity index (χ1n) is 8.75. The first-order valence-corrected chi connectivity index (χ1v) is 8.75. The molecule has 0 saturated carbocycles. The predicted molar refractivity (Wildman–Crippen MR) is 102 cm³/mol. The molecule has 0 aromatic heterocycles. The molecule has 1 amide bonds. The normalized spacial score (nSPS) is 13.7. The number of hydrogen-bond donors (Lipinski definition) is 3. The summed E-state index contributed by atoms with van der Waals surface area (Å²) in [6.07, 6.45) is -2.38. The maximum Gasteiger partial charge on any atom is 0.407 e. The summed E-state index contributed by atoms with van der Waals surface area (Å²) in [5.74, 6) is 0. The van der Waals surface area contributed by atoms with Gasteiger partial charge < -0.3 is 20.3 Å². The fraction of sp³-hybridized carbons (Fsp3) is 0.381. The molecule has 5 heteroatoms. The predicted octanol–water partition coefficient (Wildman–Crippen LogP) is 3.66. The van der Waals surface area contributed by atoms with Gasteiger partial charge in [-0.05, 0) is 43.9 Å². The Kier molecular flexibility index (Phi) is 6.77. The van der Waals surface area contributed by atoms with Crippen LogP contribution in [0.3, 0.4) is 0 Å². The number of alkyl carbamates (subject to hydrolysis) is 1. The number of nitrogens with one attached hydrogen (secondary N) is 1. The van der Waals surface area contributed by atoms with E-state index in [9.17, 15) is 15.0 Å². The van der Waals surface area contributed by atoms with Gasteiger partial charge in [0, 0.05) is 6.54 Å². The highest BCUT2D eigenvalue weighted by Crippen LogP contribution is 2.30. The van der Waals surface area contributed by atoms with Crippen LogP contribution in [0.2, 0.25) is 0 Å². The van der Waals surface area contributed by atoms with Gasteiger partial charge in [-0.1, -0.05) is 54.6 Å². The molecule has 0 saturated heterocycles. The highest BCUT2D eigenvalue weighted by Gasteiger charge is 2.22. The average molecular weight is 357 g/mol. The number of hydrogen-bond acceptors (Lipinski definition) is 4. The maximum absolute atomic E-state index is 11.6. The Labute approximate surface area is 154 Å². The van der Waals surface area contributed by atoms with Crippen LogP contribution < -0.4 is 5.32 Å². The molecule has 2 atom stereocenters. The smallest absolute Gasteiger partial charge is 0.407 e. The van der Waals surface area contributed by atoms with Crippen molar-refractivity contribution in [1.82, 2.24) is 5.32 Å². The summed E-state index contributed by atoms with van der Waals surface area (Å²) in [4.78, 5) is 11.6. The largest absolute Gasteiger partial charge is 0.444 e. The second-order valence-corrected chi connectivity index (χ2v) is 7.18. The third-order valence-corrected chi connectivity index (χ3v) is 3.84. The first-order chi connectivity index (χ1) is 12.3. The molecule has 26 heavy (non-hydrogen) atoms. The van der Waals surface area contributed by atoms with E-state index in [0.717, 1.165) is 11.1 Å². The molecule has 0 fully saturated rings. The van der Waals surface area contributed by atoms with Gasteiger partial charge in [-0.15, -0.1) is 0 Å². The van der Waals surface area contributed by atoms with E-state index >= 15 is 0 Å². The number of carbonyl (C=O) groups excluding carboxylic acids is 1. The van der Waals surface area contributed by atoms with Gasteiger partial charge in [0.05, 0.1) is 6.10 Å². The van der Waals surface area contributed by atoms with Crippen LogP contribution in [0.15, 0.2) is 54.6 Å². The van der Waals surface area contributed by atoms with Crippen molar-refractivity contribution in [1.29, 1.82) is 0 Å². The lowest BCUT2D eigenvalue weighted by Gasteiger charge is -2.22. The Morgan fingerprint density at radius 3 is 2.31 bits per heavy atom. The van der Waals surface area contributed by atoms with Crippen molar-refractivity contribution in [3.05, 3.63) is 60.2 Å². The molecule has 140 valence electrons. The Bertz CT molecular complexity index is 709. The Morgan fingerprint density at radius 2 is 1.65 bits per heavy atom. The molecule has 2 unspecified atom stereocenters. The molecule has 0 aliphatic rings.